The molecule has 1 unspecified atom stereocenters. The number of carboxylic acid groups (broad SMARTS) is 1. The Hall–Kier alpha value is -2.19. The van der Waals surface area contributed by atoms with E-state index in [0.717, 1.165) is 0 Å². The van der Waals surface area contributed by atoms with Crippen molar-refractivity contribution in [3.8, 4) is 5.75 Å². The number of halogens is 1. The van der Waals surface area contributed by atoms with Crippen LogP contribution in [0.4, 0.5) is 4.39 Å². The number of hydrogen-bond acceptors (Lipinski definition) is 5. The van der Waals surface area contributed by atoms with Crippen molar-refractivity contribution >= 4 is 11.9 Å². The maximum atomic E-state index is 12.8. The summed E-state index contributed by atoms with van der Waals surface area (Å²) in [6, 6.07) is 4.88. The number of rotatable bonds is 6. The predicted octanol–water partition coefficient (Wildman–Crippen LogP) is -0.207. The highest BCUT2D eigenvalue weighted by Crippen LogP contribution is 2.16. The number of aliphatic hydroxyl groups is 1. The number of amides is 1. The van der Waals surface area contributed by atoms with Gasteiger partial charge in [0.2, 0.25) is 0 Å². The number of carbonyl (C=O) groups excluding carboxylic acids is 1. The van der Waals surface area contributed by atoms with Gasteiger partial charge in [0.25, 0.3) is 5.91 Å². The quantitative estimate of drug-likeness (QED) is 0.752. The summed E-state index contributed by atoms with van der Waals surface area (Å²) in [4.78, 5) is 25.8. The average molecular weight is 326 g/mol. The van der Waals surface area contributed by atoms with Crippen molar-refractivity contribution in [3.05, 3.63) is 30.1 Å². The molecular formula is C15H19FN2O5. The van der Waals surface area contributed by atoms with Crippen LogP contribution in [0.15, 0.2) is 24.3 Å². The van der Waals surface area contributed by atoms with Gasteiger partial charge < -0.3 is 19.8 Å². The van der Waals surface area contributed by atoms with Gasteiger partial charge in [0.05, 0.1) is 18.7 Å². The predicted molar refractivity (Wildman–Crippen MR) is 78.5 cm³/mol. The monoisotopic (exact) mass is 326 g/mol. The number of carbonyl (C=O) groups is 2. The Balaban J connectivity index is 1.86. The van der Waals surface area contributed by atoms with Crippen LogP contribution in [0.25, 0.3) is 0 Å². The number of carboxylic acids is 1. The van der Waals surface area contributed by atoms with Crippen LogP contribution in [0.1, 0.15) is 0 Å². The van der Waals surface area contributed by atoms with E-state index in [1.54, 1.807) is 7.05 Å². The number of likely N-dealkylation sites (tertiary alicyclic amines) is 1. The van der Waals surface area contributed by atoms with Gasteiger partial charge in [-0.05, 0) is 31.3 Å². The lowest BCUT2D eigenvalue weighted by Crippen LogP contribution is -2.43. The Morgan fingerprint density at radius 2 is 2.00 bits per heavy atom. The molecule has 1 aliphatic heterocycles. The molecule has 0 aliphatic carbocycles. The van der Waals surface area contributed by atoms with Crippen LogP contribution < -0.4 is 4.74 Å². The van der Waals surface area contributed by atoms with Gasteiger partial charge in [0.15, 0.2) is 6.61 Å². The second-order valence-electron chi connectivity index (χ2n) is 5.48. The van der Waals surface area contributed by atoms with E-state index >= 15 is 0 Å². The molecule has 8 heteroatoms. The number of hydrogen-bond donors (Lipinski definition) is 2. The third kappa shape index (κ3) is 4.64. The van der Waals surface area contributed by atoms with Crippen molar-refractivity contribution in [3.63, 3.8) is 0 Å². The highest BCUT2D eigenvalue weighted by molar-refractivity contribution is 5.78. The first-order valence-corrected chi connectivity index (χ1v) is 7.13. The van der Waals surface area contributed by atoms with Gasteiger partial charge in [-0.3, -0.25) is 14.5 Å². The molecule has 0 bridgehead atoms. The minimum atomic E-state index is -0.996. The van der Waals surface area contributed by atoms with Crippen LogP contribution >= 0.6 is 0 Å². The first-order valence-electron chi connectivity index (χ1n) is 7.13. The van der Waals surface area contributed by atoms with E-state index in [4.69, 9.17) is 9.84 Å². The number of ether oxygens (including phenoxy) is 1. The fraction of sp³-hybridized carbons (Fsp3) is 0.467. The Morgan fingerprint density at radius 1 is 1.35 bits per heavy atom. The number of likely N-dealkylation sites (N-methyl/N-ethyl adjacent to an activating group) is 1. The van der Waals surface area contributed by atoms with Crippen molar-refractivity contribution in [1.82, 2.24) is 9.80 Å². The Bertz CT molecular complexity index is 565. The normalized spacial score (nSPS) is 20.8. The van der Waals surface area contributed by atoms with E-state index in [2.05, 4.69) is 0 Å². The third-order valence-corrected chi connectivity index (χ3v) is 3.74. The summed E-state index contributed by atoms with van der Waals surface area (Å²) < 4.78 is 18.1. The molecule has 1 aromatic carbocycles. The van der Waals surface area contributed by atoms with Crippen LogP contribution in [0, 0.1) is 5.82 Å². The number of nitrogens with zero attached hydrogens (tertiary/aromatic N) is 2. The molecule has 126 valence electrons. The molecule has 0 aromatic heterocycles. The minimum Gasteiger partial charge on any atom is -0.484 e. The molecular weight excluding hydrogens is 307 g/mol. The van der Waals surface area contributed by atoms with E-state index in [1.807, 2.05) is 0 Å². The van der Waals surface area contributed by atoms with Crippen molar-refractivity contribution in [2.45, 2.75) is 12.1 Å². The maximum Gasteiger partial charge on any atom is 0.317 e. The molecule has 7 nitrogen and oxygen atoms in total. The first-order chi connectivity index (χ1) is 10.9. The van der Waals surface area contributed by atoms with Crippen LogP contribution in [0.2, 0.25) is 0 Å². The minimum absolute atomic E-state index is 0.125. The van der Waals surface area contributed by atoms with Gasteiger partial charge in [-0.15, -0.1) is 0 Å². The van der Waals surface area contributed by atoms with Gasteiger partial charge in [0.1, 0.15) is 11.6 Å². The molecule has 0 saturated carbocycles. The molecule has 1 saturated heterocycles. The largest absolute Gasteiger partial charge is 0.484 e. The fourth-order valence-electron chi connectivity index (χ4n) is 2.50. The number of aliphatic hydroxyl groups excluding tert-OH is 1. The maximum absolute atomic E-state index is 12.8. The summed E-state index contributed by atoms with van der Waals surface area (Å²) in [5, 5.41) is 18.8. The molecule has 2 atom stereocenters. The summed E-state index contributed by atoms with van der Waals surface area (Å²) >= 11 is 0. The first kappa shape index (κ1) is 17.2. The van der Waals surface area contributed by atoms with Gasteiger partial charge in [-0.2, -0.15) is 0 Å². The summed E-state index contributed by atoms with van der Waals surface area (Å²) in [7, 11) is 1.59. The molecule has 1 aliphatic rings. The molecule has 1 fully saturated rings. The van der Waals surface area contributed by atoms with E-state index in [1.165, 1.54) is 34.1 Å². The van der Waals surface area contributed by atoms with Crippen LogP contribution in [-0.4, -0.2) is 77.3 Å². The van der Waals surface area contributed by atoms with E-state index < -0.39 is 23.9 Å². The molecule has 1 heterocycles. The molecule has 2 rings (SSSR count). The van der Waals surface area contributed by atoms with Crippen LogP contribution in [0.5, 0.6) is 5.75 Å². The lowest BCUT2D eigenvalue weighted by Gasteiger charge is -2.24. The SMILES string of the molecule is CN(CC(=O)O)C1CN(C(=O)COc2ccc(F)cc2)C[C@H]1O. The molecule has 1 amide bonds. The average Bonchev–Trinajstić information content (AvgIpc) is 2.88. The smallest absolute Gasteiger partial charge is 0.317 e. The highest BCUT2D eigenvalue weighted by atomic mass is 19.1. The standard InChI is InChI=1S/C15H19FN2O5/c1-17(8-15(21)22)12-6-18(7-13(12)19)14(20)9-23-11-4-2-10(16)3-5-11/h2-5,12-13,19H,6-9H2,1H3,(H,21,22)/t12?,13-/m1/s1. The Morgan fingerprint density at radius 3 is 2.61 bits per heavy atom. The number of β-amino-alcohol motifs (C(OH)–C–C–N with tert-alkyl or cyclic N) is 1. The number of benzene rings is 1. The molecule has 0 radical (unpaired) electrons. The van der Waals surface area contributed by atoms with Crippen LogP contribution in [0.3, 0.4) is 0 Å². The van der Waals surface area contributed by atoms with Crippen molar-refractivity contribution in [2.75, 3.05) is 33.3 Å². The lowest BCUT2D eigenvalue weighted by atomic mass is 10.2. The van der Waals surface area contributed by atoms with E-state index in [0.29, 0.717) is 5.75 Å². The van der Waals surface area contributed by atoms with Gasteiger partial charge in [0, 0.05) is 13.1 Å². The molecule has 23 heavy (non-hydrogen) atoms. The molecule has 1 aromatic rings. The zero-order valence-electron chi connectivity index (χ0n) is 12.7. The summed E-state index contributed by atoms with van der Waals surface area (Å²) in [6.07, 6.45) is -0.811. The fourth-order valence-corrected chi connectivity index (χ4v) is 2.50. The van der Waals surface area contributed by atoms with E-state index in [-0.39, 0.29) is 32.1 Å². The topological polar surface area (TPSA) is 90.3 Å². The second-order valence-corrected chi connectivity index (χ2v) is 5.48. The van der Waals surface area contributed by atoms with Crippen molar-refractivity contribution in [1.29, 1.82) is 0 Å². The third-order valence-electron chi connectivity index (χ3n) is 3.74. The van der Waals surface area contributed by atoms with Gasteiger partial charge in [-0.1, -0.05) is 0 Å². The Kier molecular flexibility index (Phi) is 5.51. The zero-order chi connectivity index (χ0) is 17.0. The van der Waals surface area contributed by atoms with Crippen LogP contribution in [-0.2, 0) is 9.59 Å². The van der Waals surface area contributed by atoms with Gasteiger partial charge >= 0.3 is 5.97 Å². The highest BCUT2D eigenvalue weighted by Gasteiger charge is 2.36. The van der Waals surface area contributed by atoms with Crippen molar-refractivity contribution in [2.24, 2.45) is 0 Å². The van der Waals surface area contributed by atoms with Crippen molar-refractivity contribution < 1.29 is 28.9 Å². The summed E-state index contributed by atoms with van der Waals surface area (Å²) in [6.45, 7) is -0.0830. The summed E-state index contributed by atoms with van der Waals surface area (Å²) in [5.74, 6) is -1.33. The molecule has 0 spiro atoms. The number of aliphatic carboxylic acids is 1. The van der Waals surface area contributed by atoms with E-state index in [9.17, 15) is 19.1 Å². The Labute approximate surface area is 132 Å². The zero-order valence-corrected chi connectivity index (χ0v) is 12.7. The molecule has 2 N–H and O–H groups in total. The van der Waals surface area contributed by atoms with Gasteiger partial charge in [-0.25, -0.2) is 4.39 Å². The second kappa shape index (κ2) is 7.38. The lowest BCUT2D eigenvalue weighted by molar-refractivity contribution is -0.138. The summed E-state index contributed by atoms with van der Waals surface area (Å²) in [5.41, 5.74) is 0.